The Morgan fingerprint density at radius 1 is 0.907 bits per heavy atom. The van der Waals surface area contributed by atoms with E-state index in [1.807, 2.05) is 38.1 Å². The molecule has 12 N–H and O–H groups in total. The number of hydrogen-bond donors (Lipinski definition) is 9. The van der Waals surface area contributed by atoms with Gasteiger partial charge in [-0.3, -0.25) is 24.2 Å². The summed E-state index contributed by atoms with van der Waals surface area (Å²) < 4.78 is 0. The first-order chi connectivity index (χ1) is 20.3. The SMILES string of the molecule is CC(C)CC(N)C(=O)NC(CCC(=O)O)C(=O)NC(Cc1c[nH]c2ccccc12)C(=O)NC(CCCN=C(N)N)C(=O)O. The monoisotopic (exact) mass is 602 g/mol. The van der Waals surface area contributed by atoms with Crippen LogP contribution in [0.4, 0.5) is 0 Å². The number of aliphatic imine (C=N–C) groups is 1. The fraction of sp³-hybridized carbons (Fsp3) is 0.500. The van der Waals surface area contributed by atoms with Gasteiger partial charge in [0.15, 0.2) is 5.96 Å². The summed E-state index contributed by atoms with van der Waals surface area (Å²) in [4.78, 5) is 69.7. The number of carbonyl (C=O) groups is 5. The number of fused-ring (bicyclic) bond motifs is 1. The van der Waals surface area contributed by atoms with Gasteiger partial charge in [-0.1, -0.05) is 32.0 Å². The highest BCUT2D eigenvalue weighted by Crippen LogP contribution is 2.19. The Morgan fingerprint density at radius 3 is 2.16 bits per heavy atom. The van der Waals surface area contributed by atoms with Crippen molar-refractivity contribution >= 4 is 46.5 Å². The number of rotatable bonds is 18. The molecular weight excluding hydrogens is 560 g/mol. The van der Waals surface area contributed by atoms with Crippen LogP contribution in [0.1, 0.15) is 51.5 Å². The molecule has 236 valence electrons. The molecule has 1 aromatic heterocycles. The smallest absolute Gasteiger partial charge is 0.326 e. The van der Waals surface area contributed by atoms with Crippen molar-refractivity contribution in [3.8, 4) is 0 Å². The number of aliphatic carboxylic acids is 2. The van der Waals surface area contributed by atoms with Gasteiger partial charge in [0.05, 0.1) is 6.04 Å². The molecular formula is C28H42N8O7. The van der Waals surface area contributed by atoms with Crippen molar-refractivity contribution in [3.05, 3.63) is 36.0 Å². The number of carboxylic acids is 2. The van der Waals surface area contributed by atoms with Crippen LogP contribution in [0.2, 0.25) is 0 Å². The topological polar surface area (TPSA) is 268 Å². The minimum atomic E-state index is -1.31. The average Bonchev–Trinajstić information content (AvgIpc) is 3.33. The van der Waals surface area contributed by atoms with E-state index in [0.717, 1.165) is 10.9 Å². The van der Waals surface area contributed by atoms with Crippen molar-refractivity contribution in [2.45, 2.75) is 76.5 Å². The molecule has 15 nitrogen and oxygen atoms in total. The van der Waals surface area contributed by atoms with Crippen LogP contribution in [0.5, 0.6) is 0 Å². The van der Waals surface area contributed by atoms with Crippen LogP contribution in [-0.2, 0) is 30.4 Å². The summed E-state index contributed by atoms with van der Waals surface area (Å²) >= 11 is 0. The van der Waals surface area contributed by atoms with Crippen LogP contribution in [0.15, 0.2) is 35.5 Å². The molecule has 4 atom stereocenters. The Bertz CT molecular complexity index is 1310. The van der Waals surface area contributed by atoms with Gasteiger partial charge in [0.2, 0.25) is 17.7 Å². The molecule has 0 aliphatic heterocycles. The van der Waals surface area contributed by atoms with E-state index in [0.29, 0.717) is 12.0 Å². The summed E-state index contributed by atoms with van der Waals surface area (Å²) in [5.74, 6) is -4.76. The maximum atomic E-state index is 13.5. The molecule has 0 spiro atoms. The van der Waals surface area contributed by atoms with Crippen LogP contribution < -0.4 is 33.2 Å². The molecule has 0 aliphatic carbocycles. The van der Waals surface area contributed by atoms with Gasteiger partial charge in [0, 0.05) is 36.5 Å². The van der Waals surface area contributed by atoms with E-state index in [2.05, 4.69) is 25.9 Å². The number of carbonyl (C=O) groups excluding carboxylic acids is 3. The molecule has 2 rings (SSSR count). The fourth-order valence-corrected chi connectivity index (χ4v) is 4.47. The van der Waals surface area contributed by atoms with Gasteiger partial charge in [-0.2, -0.15) is 0 Å². The normalized spacial score (nSPS) is 13.9. The lowest BCUT2D eigenvalue weighted by Gasteiger charge is -2.25. The molecule has 43 heavy (non-hydrogen) atoms. The van der Waals surface area contributed by atoms with Crippen LogP contribution in [0, 0.1) is 5.92 Å². The number of H-pyrrole nitrogens is 1. The van der Waals surface area contributed by atoms with Crippen molar-refractivity contribution in [3.63, 3.8) is 0 Å². The molecule has 0 fully saturated rings. The zero-order chi connectivity index (χ0) is 32.1. The van der Waals surface area contributed by atoms with E-state index >= 15 is 0 Å². The molecule has 0 aliphatic rings. The first-order valence-corrected chi connectivity index (χ1v) is 14.0. The lowest BCUT2D eigenvalue weighted by molar-refractivity contribution is -0.142. The molecule has 15 heteroatoms. The van der Waals surface area contributed by atoms with E-state index in [1.54, 1.807) is 6.20 Å². The van der Waals surface area contributed by atoms with Crippen molar-refractivity contribution in [1.29, 1.82) is 0 Å². The van der Waals surface area contributed by atoms with Gasteiger partial charge in [-0.15, -0.1) is 0 Å². The number of nitrogens with two attached hydrogens (primary N) is 3. The Balaban J connectivity index is 2.31. The molecule has 0 saturated heterocycles. The maximum absolute atomic E-state index is 13.5. The largest absolute Gasteiger partial charge is 0.481 e. The summed E-state index contributed by atoms with van der Waals surface area (Å²) in [7, 11) is 0. The van der Waals surface area contributed by atoms with Gasteiger partial charge in [0.25, 0.3) is 0 Å². The summed E-state index contributed by atoms with van der Waals surface area (Å²) in [6.45, 7) is 3.91. The number of hydrogen-bond acceptors (Lipinski definition) is 7. The average molecular weight is 603 g/mol. The number of benzene rings is 1. The molecule has 0 saturated carbocycles. The molecule has 0 bridgehead atoms. The molecule has 1 aromatic carbocycles. The number of nitrogens with one attached hydrogen (secondary N) is 4. The summed E-state index contributed by atoms with van der Waals surface area (Å²) in [6, 6.07) is 2.47. The summed E-state index contributed by atoms with van der Waals surface area (Å²) in [5.41, 5.74) is 18.0. The van der Waals surface area contributed by atoms with Crippen molar-refractivity contribution in [2.24, 2.45) is 28.1 Å². The number of carboxylic acid groups (broad SMARTS) is 2. The third kappa shape index (κ3) is 11.6. The second-order valence-electron chi connectivity index (χ2n) is 10.7. The lowest BCUT2D eigenvalue weighted by atomic mass is 10.0. The summed E-state index contributed by atoms with van der Waals surface area (Å²) in [6.07, 6.45) is 1.55. The minimum absolute atomic E-state index is 0.0106. The van der Waals surface area contributed by atoms with E-state index in [9.17, 15) is 34.2 Å². The molecule has 3 amide bonds. The van der Waals surface area contributed by atoms with Gasteiger partial charge in [-0.05, 0) is 43.2 Å². The molecule has 2 aromatic rings. The zero-order valence-electron chi connectivity index (χ0n) is 24.3. The van der Waals surface area contributed by atoms with E-state index in [1.165, 1.54) is 0 Å². The lowest BCUT2D eigenvalue weighted by Crippen LogP contribution is -2.57. The minimum Gasteiger partial charge on any atom is -0.481 e. The second kappa shape index (κ2) is 16.7. The predicted molar refractivity (Wildman–Crippen MR) is 160 cm³/mol. The zero-order valence-corrected chi connectivity index (χ0v) is 24.3. The number of aromatic nitrogens is 1. The van der Waals surface area contributed by atoms with Gasteiger partial charge in [0.1, 0.15) is 18.1 Å². The van der Waals surface area contributed by atoms with Gasteiger partial charge >= 0.3 is 11.9 Å². The third-order valence-electron chi connectivity index (χ3n) is 6.63. The van der Waals surface area contributed by atoms with Crippen molar-refractivity contribution in [1.82, 2.24) is 20.9 Å². The molecule has 0 radical (unpaired) electrons. The van der Waals surface area contributed by atoms with Crippen LogP contribution in [0.25, 0.3) is 10.9 Å². The third-order valence-corrected chi connectivity index (χ3v) is 6.63. The number of para-hydroxylation sites is 1. The van der Waals surface area contributed by atoms with E-state index < -0.39 is 60.2 Å². The highest BCUT2D eigenvalue weighted by molar-refractivity contribution is 5.95. The van der Waals surface area contributed by atoms with Gasteiger partial charge in [-0.25, -0.2) is 4.79 Å². The maximum Gasteiger partial charge on any atom is 0.326 e. The predicted octanol–water partition coefficient (Wildman–Crippen LogP) is -0.459. The summed E-state index contributed by atoms with van der Waals surface area (Å²) in [5, 5.41) is 27.3. The second-order valence-corrected chi connectivity index (χ2v) is 10.7. The number of aromatic amines is 1. The van der Waals surface area contributed by atoms with E-state index in [-0.39, 0.29) is 44.1 Å². The first kappa shape index (κ1) is 34.5. The standard InChI is InChI=1S/C28H42N8O7/c1-15(2)12-18(29)24(39)34-20(9-10-23(37)38)25(40)36-22(13-16-14-33-19-7-4-3-6-17(16)19)26(41)35-21(27(42)43)8-5-11-32-28(30)31/h3-4,6-7,14-15,18,20-22,33H,5,8-13,29H2,1-2H3,(H,34,39)(H,35,41)(H,36,40)(H,37,38)(H,42,43)(H4,30,31,32). The van der Waals surface area contributed by atoms with Gasteiger partial charge < -0.3 is 48.3 Å². The van der Waals surface area contributed by atoms with Crippen molar-refractivity contribution in [2.75, 3.05) is 6.54 Å². The Morgan fingerprint density at radius 2 is 1.53 bits per heavy atom. The highest BCUT2D eigenvalue weighted by atomic mass is 16.4. The number of guanidine groups is 1. The first-order valence-electron chi connectivity index (χ1n) is 14.0. The Labute approximate surface area is 249 Å². The van der Waals surface area contributed by atoms with Crippen LogP contribution in [0.3, 0.4) is 0 Å². The Kier molecular flexibility index (Phi) is 13.4. The molecule has 1 heterocycles. The van der Waals surface area contributed by atoms with Crippen molar-refractivity contribution < 1.29 is 34.2 Å². The quantitative estimate of drug-likeness (QED) is 0.0602. The molecule has 4 unspecified atom stereocenters. The fourth-order valence-electron chi connectivity index (χ4n) is 4.47. The van der Waals surface area contributed by atoms with E-state index in [4.69, 9.17) is 17.2 Å². The van der Waals surface area contributed by atoms with Crippen LogP contribution in [-0.4, -0.2) is 81.5 Å². The Hall–Kier alpha value is -4.66. The number of nitrogens with zero attached hydrogens (tertiary/aromatic N) is 1. The van der Waals surface area contributed by atoms with Crippen LogP contribution >= 0.6 is 0 Å². The number of amides is 3. The highest BCUT2D eigenvalue weighted by Gasteiger charge is 2.31.